The molecule has 11 nitrogen and oxygen atoms in total. The van der Waals surface area contributed by atoms with Gasteiger partial charge in [-0.05, 0) is 73.5 Å². The van der Waals surface area contributed by atoms with Gasteiger partial charge in [0.25, 0.3) is 0 Å². The van der Waals surface area contributed by atoms with E-state index in [0.717, 1.165) is 0 Å². The molecule has 3 aromatic rings. The number of aryl methyl sites for hydroxylation is 2. The lowest BCUT2D eigenvalue weighted by molar-refractivity contribution is -0.122. The predicted octanol–water partition coefficient (Wildman–Crippen LogP) is 2.12. The largest absolute Gasteiger partial charge is 0.508 e. The first-order valence-corrected chi connectivity index (χ1v) is 13.8. The number of primary sulfonamides is 1. The van der Waals surface area contributed by atoms with E-state index in [0.29, 0.717) is 22.1 Å². The summed E-state index contributed by atoms with van der Waals surface area (Å²) in [6.07, 6.45) is -0.114. The van der Waals surface area contributed by atoms with E-state index in [1.807, 2.05) is 0 Å². The molecule has 0 saturated carbocycles. The fourth-order valence-electron chi connectivity index (χ4n) is 5.73. The second kappa shape index (κ2) is 8.96. The molecular formula is C28H27N3O8S. The number of ketones is 2. The number of fused-ring (bicyclic) bond motifs is 3. The number of aliphatic hydroxyl groups excluding tert-OH is 1. The molecule has 0 heterocycles. The van der Waals surface area contributed by atoms with Gasteiger partial charge in [0.2, 0.25) is 15.8 Å². The highest BCUT2D eigenvalue weighted by Crippen LogP contribution is 2.50. The van der Waals surface area contributed by atoms with Gasteiger partial charge in [0.15, 0.2) is 11.4 Å². The maximum atomic E-state index is 13.9. The summed E-state index contributed by atoms with van der Waals surface area (Å²) in [5.74, 6) is -4.79. The zero-order valence-electron chi connectivity index (χ0n) is 21.8. The van der Waals surface area contributed by atoms with Crippen LogP contribution < -0.4 is 10.9 Å². The summed E-state index contributed by atoms with van der Waals surface area (Å²) in [5.41, 5.74) is 4.37. The minimum absolute atomic E-state index is 0.0345. The molecule has 2 aliphatic carbocycles. The Labute approximate surface area is 229 Å². The fourth-order valence-corrected chi connectivity index (χ4v) is 6.24. The second-order valence-electron chi connectivity index (χ2n) is 10.2. The van der Waals surface area contributed by atoms with Crippen LogP contribution in [0.15, 0.2) is 57.6 Å². The van der Waals surface area contributed by atoms with Crippen molar-refractivity contribution in [1.29, 1.82) is 0 Å². The molecule has 3 atom stereocenters. The Balaban J connectivity index is 1.69. The van der Waals surface area contributed by atoms with Crippen LogP contribution in [0.4, 0.5) is 5.69 Å². The molecule has 208 valence electrons. The lowest BCUT2D eigenvalue weighted by Gasteiger charge is -2.45. The van der Waals surface area contributed by atoms with Crippen molar-refractivity contribution < 1.29 is 38.4 Å². The normalized spacial score (nSPS) is 23.4. The number of carbonyl (C=O) groups excluding carboxylic acids is 2. The number of carbonyl (C=O) groups is 2. The number of nitrogens with two attached hydrogens (primary N) is 2. The van der Waals surface area contributed by atoms with Crippen LogP contribution in [0.25, 0.3) is 10.8 Å². The van der Waals surface area contributed by atoms with Crippen LogP contribution in [0.5, 0.6) is 11.5 Å². The average molecular weight is 566 g/mol. The van der Waals surface area contributed by atoms with Gasteiger partial charge in [-0.25, -0.2) is 13.6 Å². The van der Waals surface area contributed by atoms with E-state index in [-0.39, 0.29) is 39.4 Å². The zero-order chi connectivity index (χ0) is 29.5. The first kappa shape index (κ1) is 27.5. The topological polar surface area (TPSA) is 214 Å². The van der Waals surface area contributed by atoms with Gasteiger partial charge in [0.1, 0.15) is 17.3 Å². The molecule has 0 fully saturated rings. The van der Waals surface area contributed by atoms with Gasteiger partial charge in [-0.1, -0.05) is 12.1 Å². The summed E-state index contributed by atoms with van der Waals surface area (Å²) < 4.78 is 23.1. The van der Waals surface area contributed by atoms with E-state index < -0.39 is 56.2 Å². The van der Waals surface area contributed by atoms with Crippen molar-refractivity contribution in [3.8, 4) is 11.5 Å². The van der Waals surface area contributed by atoms with Crippen molar-refractivity contribution in [2.75, 3.05) is 0 Å². The number of phenolic OH excluding ortho intramolecular Hbond substituents is 2. The van der Waals surface area contributed by atoms with Crippen LogP contribution in [0.3, 0.4) is 0 Å². The Morgan fingerprint density at radius 3 is 2.25 bits per heavy atom. The number of benzene rings is 3. The molecular weight excluding hydrogens is 538 g/mol. The molecule has 40 heavy (non-hydrogen) atoms. The van der Waals surface area contributed by atoms with E-state index in [2.05, 4.69) is 4.99 Å². The number of aromatic hydroxyl groups is 2. The highest BCUT2D eigenvalue weighted by molar-refractivity contribution is 7.89. The average Bonchev–Trinajstić information content (AvgIpc) is 2.88. The van der Waals surface area contributed by atoms with E-state index in [1.54, 1.807) is 26.0 Å². The van der Waals surface area contributed by atoms with Crippen molar-refractivity contribution in [2.45, 2.75) is 43.7 Å². The standard InChI is InChI=1S/C28H27N3O8S/c1-11-4-9-16-12(2)17-10-18-22(29)25(34)19(13(3)31-14-5-7-15(8-6-14)40(30,38)39)26(35)28(18,37)27(36)21(17)24(33)20(16)23(11)32/h4-9,18,22,32-33,35,37H,10,29H2,1-3H3,(H2,30,38,39)/t18-,22+,28+/m0/s1. The maximum absolute atomic E-state index is 13.9. The minimum atomic E-state index is -3.95. The highest BCUT2D eigenvalue weighted by atomic mass is 32.2. The molecule has 0 bridgehead atoms. The van der Waals surface area contributed by atoms with Crippen LogP contribution in [0.1, 0.15) is 34.0 Å². The Bertz CT molecular complexity index is 1830. The smallest absolute Gasteiger partial charge is 0.238 e. The lowest BCUT2D eigenvalue weighted by atomic mass is 9.61. The molecule has 0 radical (unpaired) electrons. The van der Waals surface area contributed by atoms with Crippen molar-refractivity contribution in [2.24, 2.45) is 21.8 Å². The molecule has 2 aliphatic rings. The zero-order valence-corrected chi connectivity index (χ0v) is 22.6. The van der Waals surface area contributed by atoms with Gasteiger partial charge in [-0.3, -0.25) is 14.6 Å². The van der Waals surface area contributed by atoms with Crippen molar-refractivity contribution in [3.05, 3.63) is 70.0 Å². The number of aliphatic imine (C=N–C) groups is 1. The summed E-state index contributed by atoms with van der Waals surface area (Å²) in [4.78, 5) is 31.4. The minimum Gasteiger partial charge on any atom is -0.508 e. The molecule has 0 aliphatic heterocycles. The highest BCUT2D eigenvalue weighted by Gasteiger charge is 2.60. The third-order valence-corrected chi connectivity index (χ3v) is 8.88. The van der Waals surface area contributed by atoms with Crippen LogP contribution in [0, 0.1) is 19.8 Å². The number of phenols is 2. The molecule has 0 saturated heterocycles. The summed E-state index contributed by atoms with van der Waals surface area (Å²) in [6.45, 7) is 4.69. The second-order valence-corrected chi connectivity index (χ2v) is 11.8. The summed E-state index contributed by atoms with van der Waals surface area (Å²) >= 11 is 0. The number of nitrogens with zero attached hydrogens (tertiary/aromatic N) is 1. The number of Topliss-reactive ketones (excluding diaryl/α,β-unsaturated/α-hetero) is 2. The molecule has 3 aromatic carbocycles. The van der Waals surface area contributed by atoms with Gasteiger partial charge in [-0.15, -0.1) is 0 Å². The van der Waals surface area contributed by atoms with Crippen molar-refractivity contribution in [1.82, 2.24) is 0 Å². The molecule has 0 spiro atoms. The first-order valence-electron chi connectivity index (χ1n) is 12.3. The summed E-state index contributed by atoms with van der Waals surface area (Å²) in [6, 6.07) is 7.03. The van der Waals surface area contributed by atoms with E-state index >= 15 is 0 Å². The molecule has 0 aromatic heterocycles. The third-order valence-electron chi connectivity index (χ3n) is 7.95. The summed E-state index contributed by atoms with van der Waals surface area (Å²) in [5, 5.41) is 50.6. The Morgan fingerprint density at radius 1 is 1.02 bits per heavy atom. The van der Waals surface area contributed by atoms with Gasteiger partial charge < -0.3 is 26.2 Å². The monoisotopic (exact) mass is 565 g/mol. The number of hydrogen-bond donors (Lipinski definition) is 6. The van der Waals surface area contributed by atoms with E-state index in [9.17, 15) is 38.4 Å². The molecule has 8 N–H and O–H groups in total. The Hall–Kier alpha value is -4.10. The number of aliphatic hydroxyl groups is 2. The van der Waals surface area contributed by atoms with Crippen molar-refractivity contribution in [3.63, 3.8) is 0 Å². The lowest BCUT2D eigenvalue weighted by Crippen LogP contribution is -2.63. The predicted molar refractivity (Wildman–Crippen MR) is 146 cm³/mol. The van der Waals surface area contributed by atoms with Gasteiger partial charge in [0, 0.05) is 5.92 Å². The van der Waals surface area contributed by atoms with Gasteiger partial charge in [0.05, 0.1) is 38.9 Å². The van der Waals surface area contributed by atoms with E-state index in [1.165, 1.54) is 31.2 Å². The van der Waals surface area contributed by atoms with Crippen molar-refractivity contribution >= 4 is 43.8 Å². The number of hydrogen-bond acceptors (Lipinski definition) is 10. The maximum Gasteiger partial charge on any atom is 0.238 e. The molecule has 0 amide bonds. The van der Waals surface area contributed by atoms with E-state index in [4.69, 9.17) is 10.9 Å². The van der Waals surface area contributed by atoms with Crippen LogP contribution in [-0.4, -0.2) is 57.8 Å². The summed E-state index contributed by atoms with van der Waals surface area (Å²) in [7, 11) is -3.95. The number of sulfonamides is 1. The molecule has 5 rings (SSSR count). The quantitative estimate of drug-likeness (QED) is 0.256. The third kappa shape index (κ3) is 3.75. The molecule has 0 unspecified atom stereocenters. The molecule has 12 heteroatoms. The van der Waals surface area contributed by atoms with Crippen LogP contribution in [0.2, 0.25) is 0 Å². The van der Waals surface area contributed by atoms with Crippen LogP contribution in [-0.2, 0) is 21.2 Å². The fraction of sp³-hybridized carbons (Fsp3) is 0.250. The SMILES string of the molecule is CC(=Nc1ccc(S(N)(=O)=O)cc1)C1=C(O)[C@@]2(O)C(=O)c3c(c(C)c4ccc(C)c(O)c4c3O)C[C@H]2[C@@H](N)C1=O. The van der Waals surface area contributed by atoms with Gasteiger partial charge >= 0.3 is 0 Å². The van der Waals surface area contributed by atoms with Gasteiger partial charge in [-0.2, -0.15) is 0 Å². The number of rotatable bonds is 3. The Kier molecular flexibility index (Phi) is 6.15. The Morgan fingerprint density at radius 2 is 1.65 bits per heavy atom. The van der Waals surface area contributed by atoms with Crippen LogP contribution >= 0.6 is 0 Å². The first-order chi connectivity index (χ1) is 18.6.